The molecule has 1 aromatic heterocycles. The summed E-state index contributed by atoms with van der Waals surface area (Å²) >= 11 is 0. The van der Waals surface area contributed by atoms with E-state index in [1.165, 1.54) is 0 Å². The lowest BCUT2D eigenvalue weighted by Gasteiger charge is -2.05. The van der Waals surface area contributed by atoms with Crippen molar-refractivity contribution in [2.75, 3.05) is 25.6 Å². The highest BCUT2D eigenvalue weighted by Gasteiger charge is 2.17. The fraction of sp³-hybridized carbons (Fsp3) is 0.750. The van der Waals surface area contributed by atoms with Gasteiger partial charge >= 0.3 is 6.01 Å². The van der Waals surface area contributed by atoms with Crippen molar-refractivity contribution < 1.29 is 9.15 Å². The average Bonchev–Trinajstić information content (AvgIpc) is 2.79. The van der Waals surface area contributed by atoms with E-state index in [1.807, 2.05) is 7.05 Å². The first-order valence-corrected chi connectivity index (χ1v) is 4.70. The Kier molecular flexibility index (Phi) is 2.95. The normalized spacial score (nSPS) is 21.4. The van der Waals surface area contributed by atoms with Crippen molar-refractivity contribution in [3.05, 3.63) is 5.89 Å². The van der Waals surface area contributed by atoms with Gasteiger partial charge in [0, 0.05) is 6.61 Å². The van der Waals surface area contributed by atoms with Crippen LogP contribution >= 0.6 is 0 Å². The largest absolute Gasteiger partial charge is 0.407 e. The van der Waals surface area contributed by atoms with Crippen LogP contribution in [0.4, 0.5) is 6.01 Å². The molecule has 2 N–H and O–H groups in total. The number of hydrogen-bond donors (Lipinski definition) is 2. The van der Waals surface area contributed by atoms with Gasteiger partial charge in [0.2, 0.25) is 5.89 Å². The number of nitrogens with one attached hydrogen (secondary N) is 2. The number of rotatable bonds is 4. The van der Waals surface area contributed by atoms with E-state index in [0.717, 1.165) is 13.0 Å². The van der Waals surface area contributed by atoms with Crippen molar-refractivity contribution in [3.8, 4) is 0 Å². The molecule has 1 aliphatic rings. The van der Waals surface area contributed by atoms with Crippen molar-refractivity contribution in [2.24, 2.45) is 0 Å². The summed E-state index contributed by atoms with van der Waals surface area (Å²) < 4.78 is 10.6. The number of nitrogens with zero attached hydrogens (tertiary/aromatic N) is 2. The van der Waals surface area contributed by atoms with Gasteiger partial charge in [-0.2, -0.15) is 0 Å². The molecule has 14 heavy (non-hydrogen) atoms. The predicted octanol–water partition coefficient (Wildman–Crippen LogP) is -0.0102. The zero-order valence-corrected chi connectivity index (χ0v) is 8.12. The molecular weight excluding hydrogens is 184 g/mol. The van der Waals surface area contributed by atoms with Crippen LogP contribution in [0, 0.1) is 0 Å². The smallest absolute Gasteiger partial charge is 0.315 e. The van der Waals surface area contributed by atoms with Crippen molar-refractivity contribution in [2.45, 2.75) is 19.0 Å². The van der Waals surface area contributed by atoms with Crippen LogP contribution < -0.4 is 10.6 Å². The van der Waals surface area contributed by atoms with Crippen molar-refractivity contribution in [1.82, 2.24) is 15.5 Å². The maximum Gasteiger partial charge on any atom is 0.315 e. The van der Waals surface area contributed by atoms with E-state index in [2.05, 4.69) is 20.8 Å². The quantitative estimate of drug-likeness (QED) is 0.709. The van der Waals surface area contributed by atoms with Crippen molar-refractivity contribution in [3.63, 3.8) is 0 Å². The molecule has 1 atom stereocenters. The first kappa shape index (κ1) is 9.42. The fourth-order valence-corrected chi connectivity index (χ4v) is 1.36. The van der Waals surface area contributed by atoms with Gasteiger partial charge in [0.25, 0.3) is 0 Å². The molecule has 1 saturated heterocycles. The van der Waals surface area contributed by atoms with E-state index in [-0.39, 0.29) is 0 Å². The minimum absolute atomic E-state index is 0.304. The maximum absolute atomic E-state index is 5.33. The second kappa shape index (κ2) is 4.39. The van der Waals surface area contributed by atoms with E-state index in [9.17, 15) is 0 Å². The Balaban J connectivity index is 1.88. The minimum Gasteiger partial charge on any atom is -0.407 e. The Morgan fingerprint density at radius 2 is 2.43 bits per heavy atom. The molecule has 78 valence electrons. The van der Waals surface area contributed by atoms with Crippen LogP contribution in [0.2, 0.25) is 0 Å². The summed E-state index contributed by atoms with van der Waals surface area (Å²) in [5.74, 6) is 0.592. The molecule has 0 amide bonds. The van der Waals surface area contributed by atoms with E-state index < -0.39 is 0 Å². The Labute approximate surface area is 82.0 Å². The molecule has 6 nitrogen and oxygen atoms in total. The Morgan fingerprint density at radius 1 is 1.50 bits per heavy atom. The molecule has 1 aliphatic heterocycles. The first-order valence-electron chi connectivity index (χ1n) is 4.70. The SMILES string of the molecule is CNCc1nnc(NC2CCOC2)o1. The van der Waals surface area contributed by atoms with Gasteiger partial charge in [-0.3, -0.25) is 0 Å². The topological polar surface area (TPSA) is 72.2 Å². The third-order valence-electron chi connectivity index (χ3n) is 2.05. The number of aromatic nitrogens is 2. The average molecular weight is 198 g/mol. The minimum atomic E-state index is 0.304. The predicted molar refractivity (Wildman–Crippen MR) is 49.9 cm³/mol. The summed E-state index contributed by atoms with van der Waals surface area (Å²) in [6, 6.07) is 0.781. The first-order chi connectivity index (χ1) is 6.88. The van der Waals surface area contributed by atoms with Gasteiger partial charge in [-0.05, 0) is 13.5 Å². The van der Waals surface area contributed by atoms with E-state index in [1.54, 1.807) is 0 Å². The summed E-state index contributed by atoms with van der Waals surface area (Å²) in [6.45, 7) is 2.11. The summed E-state index contributed by atoms with van der Waals surface area (Å²) in [7, 11) is 1.84. The zero-order valence-electron chi connectivity index (χ0n) is 8.12. The molecule has 2 rings (SSSR count). The summed E-state index contributed by atoms with van der Waals surface area (Å²) in [6.07, 6.45) is 0.990. The third kappa shape index (κ3) is 2.21. The third-order valence-corrected chi connectivity index (χ3v) is 2.05. The maximum atomic E-state index is 5.33. The van der Waals surface area contributed by atoms with Crippen LogP contribution in [-0.2, 0) is 11.3 Å². The Morgan fingerprint density at radius 3 is 3.14 bits per heavy atom. The lowest BCUT2D eigenvalue weighted by molar-refractivity contribution is 0.195. The van der Waals surface area contributed by atoms with E-state index in [4.69, 9.17) is 9.15 Å². The van der Waals surface area contributed by atoms with Gasteiger partial charge in [-0.15, -0.1) is 5.10 Å². The van der Waals surface area contributed by atoms with Gasteiger partial charge in [-0.25, -0.2) is 0 Å². The molecule has 0 aromatic carbocycles. The van der Waals surface area contributed by atoms with E-state index >= 15 is 0 Å². The molecule has 6 heteroatoms. The van der Waals surface area contributed by atoms with Gasteiger partial charge in [0.1, 0.15) is 0 Å². The van der Waals surface area contributed by atoms with Gasteiger partial charge < -0.3 is 19.8 Å². The highest BCUT2D eigenvalue weighted by molar-refractivity contribution is 5.19. The fourth-order valence-electron chi connectivity index (χ4n) is 1.36. The summed E-state index contributed by atoms with van der Waals surface area (Å²) in [5, 5.41) is 13.8. The summed E-state index contributed by atoms with van der Waals surface area (Å²) in [4.78, 5) is 0. The molecule has 0 radical (unpaired) electrons. The molecule has 2 heterocycles. The molecule has 0 spiro atoms. The number of hydrogen-bond acceptors (Lipinski definition) is 6. The Bertz CT molecular complexity index is 283. The van der Waals surface area contributed by atoms with Gasteiger partial charge in [-0.1, -0.05) is 5.10 Å². The molecule has 0 bridgehead atoms. The highest BCUT2D eigenvalue weighted by atomic mass is 16.5. The lowest BCUT2D eigenvalue weighted by Crippen LogP contribution is -2.18. The molecule has 0 aliphatic carbocycles. The zero-order chi connectivity index (χ0) is 9.80. The standard InChI is InChI=1S/C8H14N4O2/c1-9-4-7-11-12-8(14-7)10-6-2-3-13-5-6/h6,9H,2-5H2,1H3,(H,10,12). The lowest BCUT2D eigenvalue weighted by atomic mass is 10.3. The molecular formula is C8H14N4O2. The van der Waals surface area contributed by atoms with Crippen LogP contribution in [0.15, 0.2) is 4.42 Å². The summed E-state index contributed by atoms with van der Waals surface area (Å²) in [5.41, 5.74) is 0. The van der Waals surface area contributed by atoms with Gasteiger partial charge in [0.05, 0.1) is 19.2 Å². The molecule has 1 unspecified atom stereocenters. The molecule has 1 aromatic rings. The van der Waals surface area contributed by atoms with Gasteiger partial charge in [0.15, 0.2) is 0 Å². The molecule has 1 fully saturated rings. The number of anilines is 1. The van der Waals surface area contributed by atoms with Crippen LogP contribution in [0.25, 0.3) is 0 Å². The number of ether oxygens (including phenoxy) is 1. The van der Waals surface area contributed by atoms with Crippen LogP contribution in [-0.4, -0.2) is 36.5 Å². The van der Waals surface area contributed by atoms with Crippen LogP contribution in [0.1, 0.15) is 12.3 Å². The second-order valence-corrected chi connectivity index (χ2v) is 3.24. The second-order valence-electron chi connectivity index (χ2n) is 3.24. The van der Waals surface area contributed by atoms with E-state index in [0.29, 0.717) is 31.1 Å². The van der Waals surface area contributed by atoms with Crippen LogP contribution in [0.5, 0.6) is 0 Å². The highest BCUT2D eigenvalue weighted by Crippen LogP contribution is 2.12. The van der Waals surface area contributed by atoms with Crippen LogP contribution in [0.3, 0.4) is 0 Å². The van der Waals surface area contributed by atoms with Crippen molar-refractivity contribution in [1.29, 1.82) is 0 Å². The molecule has 0 saturated carbocycles. The Hall–Kier alpha value is -1.14. The van der Waals surface area contributed by atoms with Crippen molar-refractivity contribution >= 4 is 6.01 Å². The monoisotopic (exact) mass is 198 g/mol.